The lowest BCUT2D eigenvalue weighted by Crippen LogP contribution is -2.60. The first kappa shape index (κ1) is 30.3. The molecule has 38 heavy (non-hydrogen) atoms. The van der Waals surface area contributed by atoms with E-state index in [1.807, 2.05) is 39.0 Å². The van der Waals surface area contributed by atoms with Crippen molar-refractivity contribution in [2.75, 3.05) is 33.0 Å². The summed E-state index contributed by atoms with van der Waals surface area (Å²) >= 11 is 0. The van der Waals surface area contributed by atoms with Crippen LogP contribution in [0.4, 0.5) is 0 Å². The zero-order valence-electron chi connectivity index (χ0n) is 22.1. The molecule has 0 spiro atoms. The quantitative estimate of drug-likeness (QED) is 0.142. The molecule has 1 saturated heterocycles. The molecule has 0 aliphatic carbocycles. The third-order valence-electron chi connectivity index (χ3n) is 6.66. The number of aliphatic hydroxyl groups is 6. The second kappa shape index (κ2) is 14.2. The van der Waals surface area contributed by atoms with Crippen molar-refractivity contribution in [3.05, 3.63) is 40.6 Å². The molecule has 0 amide bonds. The van der Waals surface area contributed by atoms with Gasteiger partial charge in [-0.3, -0.25) is 5.10 Å². The Morgan fingerprint density at radius 1 is 1.08 bits per heavy atom. The molecule has 1 aliphatic heterocycles. The Morgan fingerprint density at radius 2 is 1.82 bits per heavy atom. The van der Waals surface area contributed by atoms with Gasteiger partial charge in [-0.25, -0.2) is 0 Å². The summed E-state index contributed by atoms with van der Waals surface area (Å²) in [5.41, 5.74) is 3.62. The number of hydrogen-bond acceptors (Lipinski definition) is 11. The Labute approximate surface area is 222 Å². The number of benzene rings is 1. The van der Waals surface area contributed by atoms with Gasteiger partial charge in [-0.15, -0.1) is 5.10 Å². The van der Waals surface area contributed by atoms with Gasteiger partial charge in [0.1, 0.15) is 30.2 Å². The van der Waals surface area contributed by atoms with E-state index in [4.69, 9.17) is 24.4 Å². The lowest BCUT2D eigenvalue weighted by atomic mass is 9.96. The Kier molecular flexibility index (Phi) is 11.3. The predicted molar refractivity (Wildman–Crippen MR) is 137 cm³/mol. The van der Waals surface area contributed by atoms with Crippen LogP contribution in [0.15, 0.2) is 18.2 Å². The first-order chi connectivity index (χ1) is 18.2. The standard InChI is InChI=1S/C26H41N3O9/c1-14(2)21-19(25(29-28-21)38-26-24(35)23(34)22(33)20(13-32)37-26)10-16-5-6-18(9-15(16)3)36-8-4-7-27-17(11-30)12-31/h5-6,9,14,17,20,22-24,26-27,30-35H,4,7-8,10-13H2,1-3H3,(H,28,29)/t20-,22+,23+,24-,26+/m1/s1. The number of aromatic amines is 1. The zero-order valence-corrected chi connectivity index (χ0v) is 22.1. The molecule has 214 valence electrons. The van der Waals surface area contributed by atoms with Crippen molar-refractivity contribution in [1.29, 1.82) is 0 Å². The molecule has 8 N–H and O–H groups in total. The monoisotopic (exact) mass is 539 g/mol. The summed E-state index contributed by atoms with van der Waals surface area (Å²) < 4.78 is 17.2. The topological polar surface area (TPSA) is 190 Å². The van der Waals surface area contributed by atoms with Crippen molar-refractivity contribution in [2.24, 2.45) is 0 Å². The first-order valence-electron chi connectivity index (χ1n) is 12.9. The van der Waals surface area contributed by atoms with E-state index in [1.165, 1.54) is 0 Å². The van der Waals surface area contributed by atoms with Gasteiger partial charge < -0.3 is 50.2 Å². The molecule has 12 heteroatoms. The molecule has 0 radical (unpaired) electrons. The Bertz CT molecular complexity index is 996. The van der Waals surface area contributed by atoms with Crippen LogP contribution in [0.3, 0.4) is 0 Å². The van der Waals surface area contributed by atoms with Crippen molar-refractivity contribution >= 4 is 0 Å². The van der Waals surface area contributed by atoms with Gasteiger partial charge in [0.25, 0.3) is 0 Å². The number of aryl methyl sites for hydroxylation is 1. The van der Waals surface area contributed by atoms with Crippen molar-refractivity contribution in [3.8, 4) is 11.6 Å². The van der Waals surface area contributed by atoms with Crippen molar-refractivity contribution in [3.63, 3.8) is 0 Å². The van der Waals surface area contributed by atoms with Crippen molar-refractivity contribution in [2.45, 2.75) is 76.3 Å². The molecule has 2 aromatic rings. The zero-order chi connectivity index (χ0) is 27.8. The second-order valence-electron chi connectivity index (χ2n) is 9.87. The van der Waals surface area contributed by atoms with Crippen LogP contribution in [0.2, 0.25) is 0 Å². The Hall–Kier alpha value is -2.29. The fraction of sp³-hybridized carbons (Fsp3) is 0.654. The van der Waals surface area contributed by atoms with Gasteiger partial charge in [0.15, 0.2) is 0 Å². The third kappa shape index (κ3) is 7.42. The lowest BCUT2D eigenvalue weighted by molar-refractivity contribution is -0.278. The van der Waals surface area contributed by atoms with Crippen LogP contribution in [0.5, 0.6) is 11.6 Å². The first-order valence-corrected chi connectivity index (χ1v) is 12.9. The van der Waals surface area contributed by atoms with Gasteiger partial charge in [0, 0.05) is 17.7 Å². The molecule has 5 atom stereocenters. The van der Waals surface area contributed by atoms with Gasteiger partial charge in [0.05, 0.1) is 32.5 Å². The Balaban J connectivity index is 1.68. The molecule has 1 aromatic carbocycles. The average molecular weight is 540 g/mol. The van der Waals surface area contributed by atoms with E-state index in [-0.39, 0.29) is 31.1 Å². The van der Waals surface area contributed by atoms with Crippen LogP contribution in [-0.2, 0) is 11.2 Å². The maximum Gasteiger partial charge on any atom is 0.238 e. The van der Waals surface area contributed by atoms with Crippen LogP contribution in [0, 0.1) is 6.92 Å². The average Bonchev–Trinajstić information content (AvgIpc) is 3.30. The summed E-state index contributed by atoms with van der Waals surface area (Å²) in [5, 5.41) is 68.5. The number of aromatic nitrogens is 2. The maximum atomic E-state index is 10.4. The minimum absolute atomic E-state index is 0.0948. The molecule has 12 nitrogen and oxygen atoms in total. The van der Waals surface area contributed by atoms with Gasteiger partial charge in [-0.05, 0) is 49.1 Å². The number of ether oxygens (including phenoxy) is 3. The molecule has 3 rings (SSSR count). The van der Waals surface area contributed by atoms with Crippen LogP contribution in [0.1, 0.15) is 48.6 Å². The van der Waals surface area contributed by atoms with E-state index >= 15 is 0 Å². The molecule has 0 saturated carbocycles. The number of nitrogens with one attached hydrogen (secondary N) is 2. The minimum Gasteiger partial charge on any atom is -0.494 e. The highest BCUT2D eigenvalue weighted by Gasteiger charge is 2.45. The summed E-state index contributed by atoms with van der Waals surface area (Å²) in [6, 6.07) is 5.46. The summed E-state index contributed by atoms with van der Waals surface area (Å²) in [7, 11) is 0. The third-order valence-corrected chi connectivity index (χ3v) is 6.66. The number of nitrogens with zero attached hydrogens (tertiary/aromatic N) is 1. The van der Waals surface area contributed by atoms with E-state index < -0.39 is 37.3 Å². The van der Waals surface area contributed by atoms with E-state index in [0.29, 0.717) is 26.0 Å². The van der Waals surface area contributed by atoms with Gasteiger partial charge in [-0.1, -0.05) is 19.9 Å². The molecule has 0 bridgehead atoms. The highest BCUT2D eigenvalue weighted by atomic mass is 16.7. The van der Waals surface area contributed by atoms with E-state index in [0.717, 1.165) is 28.1 Å². The predicted octanol–water partition coefficient (Wildman–Crippen LogP) is -0.677. The highest BCUT2D eigenvalue weighted by Crippen LogP contribution is 2.32. The van der Waals surface area contributed by atoms with Crippen LogP contribution in [0.25, 0.3) is 0 Å². The largest absolute Gasteiger partial charge is 0.494 e. The number of hydrogen-bond donors (Lipinski definition) is 8. The lowest BCUT2D eigenvalue weighted by Gasteiger charge is -2.39. The number of aliphatic hydroxyl groups excluding tert-OH is 6. The Morgan fingerprint density at radius 3 is 2.45 bits per heavy atom. The molecule has 0 unspecified atom stereocenters. The minimum atomic E-state index is -1.55. The molecular formula is C26H41N3O9. The van der Waals surface area contributed by atoms with Gasteiger partial charge in [-0.2, -0.15) is 0 Å². The van der Waals surface area contributed by atoms with E-state index in [1.54, 1.807) is 0 Å². The smallest absolute Gasteiger partial charge is 0.238 e. The second-order valence-corrected chi connectivity index (χ2v) is 9.87. The fourth-order valence-electron chi connectivity index (χ4n) is 4.28. The van der Waals surface area contributed by atoms with Gasteiger partial charge in [0.2, 0.25) is 12.2 Å². The van der Waals surface area contributed by atoms with Crippen molar-refractivity contribution < 1.29 is 44.8 Å². The summed E-state index contributed by atoms with van der Waals surface area (Å²) in [6.07, 6.45) is -5.79. The van der Waals surface area contributed by atoms with Crippen LogP contribution in [-0.4, -0.2) is 111 Å². The normalized spacial score (nSPS) is 23.8. The number of rotatable bonds is 14. The van der Waals surface area contributed by atoms with Crippen LogP contribution < -0.4 is 14.8 Å². The molecular weight excluding hydrogens is 498 g/mol. The van der Waals surface area contributed by atoms with E-state index in [2.05, 4.69) is 15.5 Å². The van der Waals surface area contributed by atoms with Crippen LogP contribution >= 0.6 is 0 Å². The summed E-state index contributed by atoms with van der Waals surface area (Å²) in [4.78, 5) is 0. The molecule has 2 heterocycles. The summed E-state index contributed by atoms with van der Waals surface area (Å²) in [5.74, 6) is 1.02. The van der Waals surface area contributed by atoms with E-state index in [9.17, 15) is 20.4 Å². The summed E-state index contributed by atoms with van der Waals surface area (Å²) in [6.45, 7) is 6.29. The number of H-pyrrole nitrogens is 1. The molecule has 1 fully saturated rings. The highest BCUT2D eigenvalue weighted by molar-refractivity contribution is 5.42. The maximum absolute atomic E-state index is 10.4. The molecule has 1 aliphatic rings. The molecule has 1 aromatic heterocycles. The van der Waals surface area contributed by atoms with Crippen molar-refractivity contribution in [1.82, 2.24) is 15.5 Å². The SMILES string of the molecule is Cc1cc(OCCCNC(CO)CO)ccc1Cc1c(O[C@@H]2O[C@H](CO)[C@H](O)[C@H](O)[C@H]2O)n[nH]c1C(C)C. The van der Waals surface area contributed by atoms with Gasteiger partial charge >= 0.3 is 0 Å². The fourth-order valence-corrected chi connectivity index (χ4v) is 4.28.